The Labute approximate surface area is 154 Å². The third kappa shape index (κ3) is 5.07. The lowest BCUT2D eigenvalue weighted by Crippen LogP contribution is -2.36. The standard InChI is InChI=1S/C20H23ClN2O2/c1-4-22(18-9-5-7-15(2)13-18)20(25)11-12-23(16(3)24)19-10-6-8-17(21)14-19/h5-10,13-14H,4,11-12H2,1-3H3. The second kappa shape index (κ2) is 8.67. The van der Waals surface area contributed by atoms with Crippen molar-refractivity contribution in [1.82, 2.24) is 0 Å². The molecule has 0 aliphatic rings. The average molecular weight is 359 g/mol. The van der Waals surface area contributed by atoms with E-state index < -0.39 is 0 Å². The van der Waals surface area contributed by atoms with E-state index in [0.717, 1.165) is 11.3 Å². The Bertz CT molecular complexity index is 761. The highest BCUT2D eigenvalue weighted by atomic mass is 35.5. The number of anilines is 2. The number of carbonyl (C=O) groups is 2. The molecule has 0 spiro atoms. The number of aryl methyl sites for hydroxylation is 1. The Kier molecular flexibility index (Phi) is 6.59. The Balaban J connectivity index is 2.11. The molecule has 0 bridgehead atoms. The molecule has 0 aromatic heterocycles. The van der Waals surface area contributed by atoms with Crippen molar-refractivity contribution in [1.29, 1.82) is 0 Å². The van der Waals surface area contributed by atoms with Gasteiger partial charge in [-0.25, -0.2) is 0 Å². The smallest absolute Gasteiger partial charge is 0.228 e. The van der Waals surface area contributed by atoms with Crippen molar-refractivity contribution in [3.05, 3.63) is 59.1 Å². The quantitative estimate of drug-likeness (QED) is 0.765. The van der Waals surface area contributed by atoms with E-state index in [4.69, 9.17) is 11.6 Å². The van der Waals surface area contributed by atoms with Crippen LogP contribution in [0.4, 0.5) is 11.4 Å². The van der Waals surface area contributed by atoms with Gasteiger partial charge in [0.15, 0.2) is 0 Å². The Morgan fingerprint density at radius 3 is 2.20 bits per heavy atom. The number of hydrogen-bond acceptors (Lipinski definition) is 2. The molecule has 0 saturated heterocycles. The fraction of sp³-hybridized carbons (Fsp3) is 0.300. The number of benzene rings is 2. The lowest BCUT2D eigenvalue weighted by molar-refractivity contribution is -0.118. The minimum atomic E-state index is -0.117. The largest absolute Gasteiger partial charge is 0.313 e. The van der Waals surface area contributed by atoms with Crippen LogP contribution < -0.4 is 9.80 Å². The van der Waals surface area contributed by atoms with E-state index in [-0.39, 0.29) is 18.2 Å². The molecule has 0 N–H and O–H groups in total. The number of amides is 2. The van der Waals surface area contributed by atoms with Crippen molar-refractivity contribution < 1.29 is 9.59 Å². The number of carbonyl (C=O) groups excluding carboxylic acids is 2. The van der Waals surface area contributed by atoms with Gasteiger partial charge in [-0.3, -0.25) is 9.59 Å². The highest BCUT2D eigenvalue weighted by Gasteiger charge is 2.18. The predicted molar refractivity (Wildman–Crippen MR) is 103 cm³/mol. The first kappa shape index (κ1) is 19.0. The van der Waals surface area contributed by atoms with Crippen LogP contribution in [0.25, 0.3) is 0 Å². The molecule has 0 fully saturated rings. The Hall–Kier alpha value is -2.33. The molecule has 25 heavy (non-hydrogen) atoms. The van der Waals surface area contributed by atoms with Gasteiger partial charge in [-0.05, 0) is 49.7 Å². The van der Waals surface area contributed by atoms with Crippen LogP contribution in [0.2, 0.25) is 5.02 Å². The molecule has 0 radical (unpaired) electrons. The van der Waals surface area contributed by atoms with Crippen molar-refractivity contribution >= 4 is 34.8 Å². The lowest BCUT2D eigenvalue weighted by Gasteiger charge is -2.25. The zero-order chi connectivity index (χ0) is 18.4. The first-order valence-electron chi connectivity index (χ1n) is 8.33. The molecular formula is C20H23ClN2O2. The fourth-order valence-electron chi connectivity index (χ4n) is 2.75. The molecule has 4 nitrogen and oxygen atoms in total. The molecule has 0 unspecified atom stereocenters. The Morgan fingerprint density at radius 1 is 1.00 bits per heavy atom. The summed E-state index contributed by atoms with van der Waals surface area (Å²) < 4.78 is 0. The molecule has 0 atom stereocenters. The molecule has 2 aromatic rings. The molecular weight excluding hydrogens is 336 g/mol. The normalized spacial score (nSPS) is 10.4. The summed E-state index contributed by atoms with van der Waals surface area (Å²) >= 11 is 6.01. The first-order chi connectivity index (χ1) is 11.9. The highest BCUT2D eigenvalue weighted by Crippen LogP contribution is 2.21. The van der Waals surface area contributed by atoms with Gasteiger partial charge in [0.2, 0.25) is 11.8 Å². The van der Waals surface area contributed by atoms with Crippen molar-refractivity contribution in [2.45, 2.75) is 27.2 Å². The van der Waals surface area contributed by atoms with Crippen LogP contribution in [0.1, 0.15) is 25.8 Å². The van der Waals surface area contributed by atoms with Gasteiger partial charge in [-0.2, -0.15) is 0 Å². The molecule has 0 saturated carbocycles. The minimum absolute atomic E-state index is 0.0126. The van der Waals surface area contributed by atoms with Gasteiger partial charge < -0.3 is 9.80 Å². The highest BCUT2D eigenvalue weighted by molar-refractivity contribution is 6.30. The van der Waals surface area contributed by atoms with E-state index in [1.807, 2.05) is 44.2 Å². The van der Waals surface area contributed by atoms with E-state index >= 15 is 0 Å². The minimum Gasteiger partial charge on any atom is -0.313 e. The van der Waals surface area contributed by atoms with E-state index in [1.54, 1.807) is 28.0 Å². The van der Waals surface area contributed by atoms with Crippen LogP contribution in [-0.4, -0.2) is 24.9 Å². The first-order valence-corrected chi connectivity index (χ1v) is 8.71. The van der Waals surface area contributed by atoms with Crippen LogP contribution in [-0.2, 0) is 9.59 Å². The summed E-state index contributed by atoms with van der Waals surface area (Å²) in [6.07, 6.45) is 0.244. The third-order valence-electron chi connectivity index (χ3n) is 3.98. The van der Waals surface area contributed by atoms with Crippen molar-refractivity contribution in [2.75, 3.05) is 22.9 Å². The SMILES string of the molecule is CCN(C(=O)CCN(C(C)=O)c1cccc(Cl)c1)c1cccc(C)c1. The lowest BCUT2D eigenvalue weighted by atomic mass is 10.2. The summed E-state index contributed by atoms with van der Waals surface area (Å²) in [5.74, 6) is -0.130. The van der Waals surface area contributed by atoms with Crippen LogP contribution >= 0.6 is 11.6 Å². The van der Waals surface area contributed by atoms with Crippen molar-refractivity contribution in [3.63, 3.8) is 0 Å². The summed E-state index contributed by atoms with van der Waals surface area (Å²) in [5, 5.41) is 0.560. The molecule has 5 heteroatoms. The number of hydrogen-bond donors (Lipinski definition) is 0. The predicted octanol–water partition coefficient (Wildman–Crippen LogP) is 4.44. The van der Waals surface area contributed by atoms with E-state index in [2.05, 4.69) is 0 Å². The molecule has 0 heterocycles. The van der Waals surface area contributed by atoms with E-state index in [0.29, 0.717) is 23.8 Å². The van der Waals surface area contributed by atoms with Gasteiger partial charge in [0.05, 0.1) is 0 Å². The van der Waals surface area contributed by atoms with Gasteiger partial charge in [0, 0.05) is 42.8 Å². The third-order valence-corrected chi connectivity index (χ3v) is 4.21. The van der Waals surface area contributed by atoms with E-state index in [9.17, 15) is 9.59 Å². The second-order valence-corrected chi connectivity index (χ2v) is 6.31. The summed E-state index contributed by atoms with van der Waals surface area (Å²) in [6.45, 7) is 6.33. The van der Waals surface area contributed by atoms with E-state index in [1.165, 1.54) is 6.92 Å². The summed E-state index contributed by atoms with van der Waals surface area (Å²) in [4.78, 5) is 28.0. The number of rotatable bonds is 6. The van der Waals surface area contributed by atoms with Crippen LogP contribution in [0.15, 0.2) is 48.5 Å². The van der Waals surface area contributed by atoms with Gasteiger partial charge in [0.1, 0.15) is 0 Å². The van der Waals surface area contributed by atoms with Gasteiger partial charge in [-0.15, -0.1) is 0 Å². The molecule has 0 aliphatic carbocycles. The summed E-state index contributed by atoms with van der Waals surface area (Å²) in [6, 6.07) is 14.9. The average Bonchev–Trinajstić information content (AvgIpc) is 2.55. The maximum atomic E-state index is 12.7. The zero-order valence-electron chi connectivity index (χ0n) is 14.8. The number of nitrogens with zero attached hydrogens (tertiary/aromatic N) is 2. The van der Waals surface area contributed by atoms with Gasteiger partial charge >= 0.3 is 0 Å². The second-order valence-electron chi connectivity index (χ2n) is 5.88. The summed E-state index contributed by atoms with van der Waals surface area (Å²) in [5.41, 5.74) is 2.68. The molecule has 0 aliphatic heterocycles. The fourth-order valence-corrected chi connectivity index (χ4v) is 2.94. The van der Waals surface area contributed by atoms with Crippen LogP contribution in [0.5, 0.6) is 0 Å². The van der Waals surface area contributed by atoms with Gasteiger partial charge in [-0.1, -0.05) is 29.8 Å². The molecule has 132 valence electrons. The molecule has 2 amide bonds. The van der Waals surface area contributed by atoms with Crippen LogP contribution in [0, 0.1) is 6.92 Å². The van der Waals surface area contributed by atoms with Crippen molar-refractivity contribution in [3.8, 4) is 0 Å². The Morgan fingerprint density at radius 2 is 1.64 bits per heavy atom. The number of halogens is 1. The maximum Gasteiger partial charge on any atom is 0.228 e. The van der Waals surface area contributed by atoms with Crippen molar-refractivity contribution in [2.24, 2.45) is 0 Å². The zero-order valence-corrected chi connectivity index (χ0v) is 15.6. The molecule has 2 rings (SSSR count). The van der Waals surface area contributed by atoms with Crippen LogP contribution in [0.3, 0.4) is 0 Å². The maximum absolute atomic E-state index is 12.7. The molecule has 2 aromatic carbocycles. The topological polar surface area (TPSA) is 40.6 Å². The van der Waals surface area contributed by atoms with Gasteiger partial charge in [0.25, 0.3) is 0 Å². The summed E-state index contributed by atoms with van der Waals surface area (Å²) in [7, 11) is 0. The monoisotopic (exact) mass is 358 g/mol.